The Morgan fingerprint density at radius 3 is 2.46 bits per heavy atom. The van der Waals surface area contributed by atoms with Gasteiger partial charge in [0.2, 0.25) is 0 Å². The highest BCUT2D eigenvalue weighted by Crippen LogP contribution is 2.63. The van der Waals surface area contributed by atoms with Crippen molar-refractivity contribution in [3.8, 4) is 0 Å². The van der Waals surface area contributed by atoms with Crippen LogP contribution in [0.3, 0.4) is 0 Å². The molecule has 3 aliphatic rings. The van der Waals surface area contributed by atoms with Crippen LogP contribution in [0.15, 0.2) is 0 Å². The van der Waals surface area contributed by atoms with Gasteiger partial charge >= 0.3 is 0 Å². The van der Waals surface area contributed by atoms with E-state index < -0.39 is 0 Å². The van der Waals surface area contributed by atoms with E-state index >= 15 is 0 Å². The fourth-order valence-electron chi connectivity index (χ4n) is 3.94. The Bertz CT molecular complexity index is 197. The fourth-order valence-corrected chi connectivity index (χ4v) is 3.94. The van der Waals surface area contributed by atoms with E-state index in [1.165, 1.54) is 19.3 Å². The van der Waals surface area contributed by atoms with Crippen LogP contribution in [0.4, 0.5) is 0 Å². The zero-order valence-corrected chi connectivity index (χ0v) is 9.22. The quantitative estimate of drug-likeness (QED) is 0.696. The minimum Gasteiger partial charge on any atom is -0.330 e. The Hall–Kier alpha value is -0.0400. The van der Waals surface area contributed by atoms with E-state index in [1.54, 1.807) is 0 Å². The molecule has 3 fully saturated rings. The van der Waals surface area contributed by atoms with Crippen molar-refractivity contribution in [2.45, 2.75) is 40.0 Å². The van der Waals surface area contributed by atoms with Gasteiger partial charge in [-0.1, -0.05) is 27.2 Å². The molecule has 1 nitrogen and oxygen atoms in total. The molecule has 4 atom stereocenters. The van der Waals surface area contributed by atoms with E-state index in [-0.39, 0.29) is 0 Å². The van der Waals surface area contributed by atoms with Gasteiger partial charge < -0.3 is 5.73 Å². The molecule has 1 heteroatoms. The van der Waals surface area contributed by atoms with Crippen LogP contribution in [0.5, 0.6) is 0 Å². The van der Waals surface area contributed by atoms with Crippen molar-refractivity contribution in [1.82, 2.24) is 0 Å². The van der Waals surface area contributed by atoms with Crippen LogP contribution < -0.4 is 5.73 Å². The number of hydrogen-bond donors (Lipinski definition) is 1. The summed E-state index contributed by atoms with van der Waals surface area (Å²) in [6, 6.07) is 0. The lowest BCUT2D eigenvalue weighted by Crippen LogP contribution is -2.56. The van der Waals surface area contributed by atoms with Crippen LogP contribution in [0.2, 0.25) is 0 Å². The molecule has 3 saturated carbocycles. The summed E-state index contributed by atoms with van der Waals surface area (Å²) in [6.45, 7) is 8.17. The summed E-state index contributed by atoms with van der Waals surface area (Å²) in [5.41, 5.74) is 6.47. The predicted octanol–water partition coefficient (Wildman–Crippen LogP) is 2.65. The second-order valence-corrected chi connectivity index (χ2v) is 5.66. The van der Waals surface area contributed by atoms with E-state index in [9.17, 15) is 0 Å². The van der Waals surface area contributed by atoms with Gasteiger partial charge in [0.15, 0.2) is 0 Å². The Labute approximate surface area is 82.1 Å². The first-order valence-electron chi connectivity index (χ1n) is 5.81. The largest absolute Gasteiger partial charge is 0.330 e. The van der Waals surface area contributed by atoms with Crippen LogP contribution in [-0.2, 0) is 0 Å². The van der Waals surface area contributed by atoms with Gasteiger partial charge in [-0.25, -0.2) is 0 Å². The molecule has 2 N–H and O–H groups in total. The average molecular weight is 181 g/mol. The van der Waals surface area contributed by atoms with E-state index in [2.05, 4.69) is 20.8 Å². The SMILES string of the molecule is CCC1C(CN)CC2CC1C2(C)C. The van der Waals surface area contributed by atoms with E-state index in [1.807, 2.05) is 0 Å². The first kappa shape index (κ1) is 9.51. The van der Waals surface area contributed by atoms with Crippen molar-refractivity contribution in [2.24, 2.45) is 34.8 Å². The number of rotatable bonds is 2. The monoisotopic (exact) mass is 181 g/mol. The Morgan fingerprint density at radius 2 is 2.00 bits per heavy atom. The smallest absolute Gasteiger partial charge is 0.00460 e. The molecule has 0 amide bonds. The van der Waals surface area contributed by atoms with Crippen molar-refractivity contribution < 1.29 is 0 Å². The van der Waals surface area contributed by atoms with Crippen molar-refractivity contribution in [2.75, 3.05) is 6.54 Å². The number of fused-ring (bicyclic) bond motifs is 2. The van der Waals surface area contributed by atoms with Crippen molar-refractivity contribution in [1.29, 1.82) is 0 Å². The Morgan fingerprint density at radius 1 is 1.31 bits per heavy atom. The predicted molar refractivity (Wildman–Crippen MR) is 56.3 cm³/mol. The van der Waals surface area contributed by atoms with Crippen LogP contribution in [0.1, 0.15) is 40.0 Å². The fraction of sp³-hybridized carbons (Fsp3) is 1.00. The van der Waals surface area contributed by atoms with Crippen LogP contribution in [0, 0.1) is 29.1 Å². The summed E-state index contributed by atoms with van der Waals surface area (Å²) < 4.78 is 0. The van der Waals surface area contributed by atoms with Gasteiger partial charge in [-0.2, -0.15) is 0 Å². The molecule has 0 aromatic carbocycles. The molecule has 0 radical (unpaired) electrons. The third kappa shape index (κ3) is 1.16. The summed E-state index contributed by atoms with van der Waals surface area (Å²) in [4.78, 5) is 0. The molecular formula is C12H23N. The van der Waals surface area contributed by atoms with Crippen molar-refractivity contribution >= 4 is 0 Å². The van der Waals surface area contributed by atoms with Gasteiger partial charge in [0, 0.05) is 0 Å². The standard InChI is InChI=1S/C12H23N/c1-4-10-8(7-13)5-9-6-11(10)12(9,2)3/h8-11H,4-7,13H2,1-3H3. The molecule has 0 spiro atoms. The van der Waals surface area contributed by atoms with E-state index in [0.29, 0.717) is 5.41 Å². The third-order valence-corrected chi connectivity index (χ3v) is 5.03. The summed E-state index contributed by atoms with van der Waals surface area (Å²) in [6.07, 6.45) is 4.23. The molecule has 0 aliphatic heterocycles. The van der Waals surface area contributed by atoms with Gasteiger partial charge in [0.25, 0.3) is 0 Å². The maximum Gasteiger partial charge on any atom is -0.00460 e. The lowest BCUT2D eigenvalue weighted by atomic mass is 9.43. The molecule has 0 aromatic heterocycles. The third-order valence-electron chi connectivity index (χ3n) is 5.03. The lowest BCUT2D eigenvalue weighted by Gasteiger charge is -2.62. The van der Waals surface area contributed by atoms with Gasteiger partial charge in [-0.05, 0) is 48.5 Å². The van der Waals surface area contributed by atoms with Gasteiger partial charge in [0.1, 0.15) is 0 Å². The maximum absolute atomic E-state index is 5.84. The summed E-state index contributed by atoms with van der Waals surface area (Å²) in [5.74, 6) is 3.71. The molecule has 4 unspecified atom stereocenters. The second kappa shape index (κ2) is 2.98. The average Bonchev–Trinajstić information content (AvgIpc) is 2.16. The molecule has 0 saturated heterocycles. The molecular weight excluding hydrogens is 158 g/mol. The minimum absolute atomic E-state index is 0.631. The topological polar surface area (TPSA) is 26.0 Å². The highest BCUT2D eigenvalue weighted by molar-refractivity contribution is 5.05. The van der Waals surface area contributed by atoms with E-state index in [4.69, 9.17) is 5.73 Å². The first-order valence-corrected chi connectivity index (χ1v) is 5.81. The molecule has 0 heterocycles. The zero-order valence-electron chi connectivity index (χ0n) is 9.22. The molecule has 0 aromatic rings. The van der Waals surface area contributed by atoms with Gasteiger partial charge in [-0.3, -0.25) is 0 Å². The lowest BCUT2D eigenvalue weighted by molar-refractivity contribution is -0.132. The van der Waals surface area contributed by atoms with Crippen molar-refractivity contribution in [3.05, 3.63) is 0 Å². The minimum atomic E-state index is 0.631. The molecule has 13 heavy (non-hydrogen) atoms. The van der Waals surface area contributed by atoms with Crippen LogP contribution in [0.25, 0.3) is 0 Å². The van der Waals surface area contributed by atoms with Gasteiger partial charge in [0.05, 0.1) is 0 Å². The van der Waals surface area contributed by atoms with Crippen LogP contribution in [-0.4, -0.2) is 6.54 Å². The Kier molecular flexibility index (Phi) is 2.18. The zero-order chi connectivity index (χ0) is 9.64. The highest BCUT2D eigenvalue weighted by atomic mass is 14.7. The first-order chi connectivity index (χ1) is 6.11. The molecule has 3 aliphatic carbocycles. The number of hydrogen-bond acceptors (Lipinski definition) is 1. The summed E-state index contributed by atoms with van der Waals surface area (Å²) in [7, 11) is 0. The normalized spacial score (nSPS) is 47.1. The number of nitrogens with two attached hydrogens (primary N) is 1. The summed E-state index contributed by atoms with van der Waals surface area (Å²) >= 11 is 0. The highest BCUT2D eigenvalue weighted by Gasteiger charge is 2.56. The molecule has 76 valence electrons. The summed E-state index contributed by atoms with van der Waals surface area (Å²) in [5, 5.41) is 0. The molecule has 3 rings (SSSR count). The van der Waals surface area contributed by atoms with Crippen molar-refractivity contribution in [3.63, 3.8) is 0 Å². The van der Waals surface area contributed by atoms with Gasteiger partial charge in [-0.15, -0.1) is 0 Å². The van der Waals surface area contributed by atoms with Crippen LogP contribution >= 0.6 is 0 Å². The second-order valence-electron chi connectivity index (χ2n) is 5.66. The maximum atomic E-state index is 5.84. The Balaban J connectivity index is 2.13. The molecule has 2 bridgehead atoms. The van der Waals surface area contributed by atoms with E-state index in [0.717, 1.165) is 30.2 Å².